The van der Waals surface area contributed by atoms with Crippen LogP contribution >= 0.6 is 0 Å². The highest BCUT2D eigenvalue weighted by atomic mass is 16.5. The van der Waals surface area contributed by atoms with Crippen LogP contribution in [-0.4, -0.2) is 0 Å². The molecule has 8 rings (SSSR count). The van der Waals surface area contributed by atoms with Gasteiger partial charge in [0.2, 0.25) is 0 Å². The van der Waals surface area contributed by atoms with Gasteiger partial charge in [0.25, 0.3) is 0 Å². The maximum atomic E-state index is 6.48. The number of nitrogens with zero attached hydrogens (tertiary/aromatic N) is 1. The van der Waals surface area contributed by atoms with E-state index < -0.39 is 0 Å². The first-order valence-electron chi connectivity index (χ1n) is 13.1. The number of hydrogen-bond acceptors (Lipinski definition) is 3. The molecule has 0 saturated heterocycles. The highest BCUT2D eigenvalue weighted by molar-refractivity contribution is 6.09. The summed E-state index contributed by atoms with van der Waals surface area (Å²) in [6.07, 6.45) is 0. The van der Waals surface area contributed by atoms with Crippen LogP contribution in [0.5, 0.6) is 11.5 Å². The molecule has 1 aromatic heterocycles. The summed E-state index contributed by atoms with van der Waals surface area (Å²) in [5.41, 5.74) is 9.39. The molecule has 1 aliphatic rings. The second-order valence-electron chi connectivity index (χ2n) is 9.78. The molecule has 6 aromatic carbocycles. The van der Waals surface area contributed by atoms with Crippen LogP contribution in [0.2, 0.25) is 0 Å². The number of ether oxygens (including phenoxy) is 1. The van der Waals surface area contributed by atoms with Crippen LogP contribution in [0.3, 0.4) is 0 Å². The van der Waals surface area contributed by atoms with E-state index in [-0.39, 0.29) is 0 Å². The molecule has 0 bridgehead atoms. The summed E-state index contributed by atoms with van der Waals surface area (Å²) in [6, 6.07) is 48.3. The van der Waals surface area contributed by atoms with Crippen LogP contribution in [0, 0.1) is 0 Å². The zero-order valence-electron chi connectivity index (χ0n) is 21.0. The van der Waals surface area contributed by atoms with Crippen molar-refractivity contribution < 1.29 is 9.15 Å². The van der Waals surface area contributed by atoms with Gasteiger partial charge in [-0.3, -0.25) is 0 Å². The van der Waals surface area contributed by atoms with Crippen LogP contribution in [-0.2, 0) is 0 Å². The van der Waals surface area contributed by atoms with Crippen molar-refractivity contribution >= 4 is 39.0 Å². The minimum atomic E-state index is 0.812. The Labute approximate surface area is 226 Å². The number of benzene rings is 6. The highest BCUT2D eigenvalue weighted by Crippen LogP contribution is 2.51. The normalized spacial score (nSPS) is 12.3. The molecule has 1 aliphatic heterocycles. The predicted molar refractivity (Wildman–Crippen MR) is 159 cm³/mol. The third-order valence-corrected chi connectivity index (χ3v) is 7.47. The minimum Gasteiger partial charge on any atom is -0.455 e. The van der Waals surface area contributed by atoms with E-state index in [0.717, 1.165) is 61.6 Å². The lowest BCUT2D eigenvalue weighted by molar-refractivity contribution is 0.477. The zero-order chi connectivity index (χ0) is 25.8. The van der Waals surface area contributed by atoms with E-state index in [9.17, 15) is 0 Å². The van der Waals surface area contributed by atoms with Gasteiger partial charge < -0.3 is 14.1 Å². The molecule has 0 atom stereocenters. The van der Waals surface area contributed by atoms with E-state index >= 15 is 0 Å². The first-order chi connectivity index (χ1) is 19.3. The second-order valence-corrected chi connectivity index (χ2v) is 9.78. The van der Waals surface area contributed by atoms with Gasteiger partial charge >= 0.3 is 0 Å². The number of para-hydroxylation sites is 4. The summed E-state index contributed by atoms with van der Waals surface area (Å²) in [5.74, 6) is 1.64. The molecule has 0 saturated carbocycles. The summed E-state index contributed by atoms with van der Waals surface area (Å²) >= 11 is 0. The Morgan fingerprint density at radius 1 is 0.462 bits per heavy atom. The summed E-state index contributed by atoms with van der Waals surface area (Å²) in [4.78, 5) is 2.27. The van der Waals surface area contributed by atoms with E-state index in [1.165, 1.54) is 11.1 Å². The quantitative estimate of drug-likeness (QED) is 0.241. The maximum absolute atomic E-state index is 6.48. The van der Waals surface area contributed by atoms with Crippen molar-refractivity contribution in [2.75, 3.05) is 4.90 Å². The number of rotatable bonds is 3. The molecule has 0 spiro atoms. The molecule has 0 aliphatic carbocycles. The average Bonchev–Trinajstić information content (AvgIpc) is 3.39. The van der Waals surface area contributed by atoms with Crippen LogP contribution in [0.25, 0.3) is 44.2 Å². The van der Waals surface area contributed by atoms with Gasteiger partial charge in [0.05, 0.1) is 11.4 Å². The Kier molecular flexibility index (Phi) is 4.82. The van der Waals surface area contributed by atoms with Crippen LogP contribution < -0.4 is 9.64 Å². The largest absolute Gasteiger partial charge is 0.455 e. The topological polar surface area (TPSA) is 25.6 Å². The summed E-state index contributed by atoms with van der Waals surface area (Å²) < 4.78 is 12.8. The monoisotopic (exact) mass is 501 g/mol. The lowest BCUT2D eigenvalue weighted by atomic mass is 10.0. The third kappa shape index (κ3) is 3.52. The predicted octanol–water partition coefficient (Wildman–Crippen LogP) is 10.5. The van der Waals surface area contributed by atoms with Crippen molar-refractivity contribution in [3.8, 4) is 33.8 Å². The fourth-order valence-corrected chi connectivity index (χ4v) is 5.61. The van der Waals surface area contributed by atoms with Crippen LogP contribution in [0.4, 0.5) is 17.1 Å². The molecule has 0 fully saturated rings. The standard InChI is InChI=1S/C36H23NO2/c1-2-9-24(10-3-1)25-17-20-27(21-18-25)37-31-14-5-7-16-34(31)38-35-23-26(19-22-32(35)37)28-12-8-13-30-29-11-4-6-15-33(29)39-36(28)30/h1-23H. The minimum absolute atomic E-state index is 0.812. The molecule has 7 aromatic rings. The molecule has 0 amide bonds. The summed E-state index contributed by atoms with van der Waals surface area (Å²) in [7, 11) is 0. The molecule has 0 radical (unpaired) electrons. The lowest BCUT2D eigenvalue weighted by Gasteiger charge is -2.33. The van der Waals surface area contributed by atoms with Crippen LogP contribution in [0.15, 0.2) is 144 Å². The summed E-state index contributed by atoms with van der Waals surface area (Å²) in [5, 5.41) is 2.25. The maximum Gasteiger partial charge on any atom is 0.152 e. The van der Waals surface area contributed by atoms with Crippen LogP contribution in [0.1, 0.15) is 0 Å². The van der Waals surface area contributed by atoms with Crippen molar-refractivity contribution in [1.29, 1.82) is 0 Å². The summed E-state index contributed by atoms with van der Waals surface area (Å²) in [6.45, 7) is 0. The van der Waals surface area contributed by atoms with Gasteiger partial charge in [-0.05, 0) is 59.2 Å². The van der Waals surface area contributed by atoms with Gasteiger partial charge in [-0.15, -0.1) is 0 Å². The van der Waals surface area contributed by atoms with E-state index in [4.69, 9.17) is 9.15 Å². The number of furan rings is 1. The Morgan fingerprint density at radius 2 is 1.15 bits per heavy atom. The molecule has 184 valence electrons. The first-order valence-corrected chi connectivity index (χ1v) is 13.1. The Morgan fingerprint density at radius 3 is 2.05 bits per heavy atom. The van der Waals surface area contributed by atoms with Crippen molar-refractivity contribution in [1.82, 2.24) is 0 Å². The molecular weight excluding hydrogens is 478 g/mol. The molecule has 3 heteroatoms. The SMILES string of the molecule is c1ccc(-c2ccc(N3c4ccccc4Oc4cc(-c5cccc6c5oc5ccccc56)ccc43)cc2)cc1. The van der Waals surface area contributed by atoms with Crippen molar-refractivity contribution in [3.05, 3.63) is 140 Å². The first kappa shape index (κ1) is 21.8. The van der Waals surface area contributed by atoms with E-state index in [2.05, 4.69) is 114 Å². The van der Waals surface area contributed by atoms with E-state index in [1.807, 2.05) is 30.3 Å². The van der Waals surface area contributed by atoms with Crippen molar-refractivity contribution in [2.24, 2.45) is 0 Å². The Hall–Kier alpha value is -5.28. The molecular formula is C36H23NO2. The Balaban J connectivity index is 1.25. The average molecular weight is 502 g/mol. The second kappa shape index (κ2) is 8.64. The number of anilines is 3. The van der Waals surface area contributed by atoms with Crippen molar-refractivity contribution in [2.45, 2.75) is 0 Å². The molecule has 39 heavy (non-hydrogen) atoms. The van der Waals surface area contributed by atoms with E-state index in [0.29, 0.717) is 0 Å². The number of fused-ring (bicyclic) bond motifs is 5. The zero-order valence-corrected chi connectivity index (χ0v) is 21.0. The number of hydrogen-bond donors (Lipinski definition) is 0. The van der Waals surface area contributed by atoms with Gasteiger partial charge in [0, 0.05) is 22.0 Å². The van der Waals surface area contributed by atoms with Gasteiger partial charge in [0.15, 0.2) is 11.5 Å². The highest BCUT2D eigenvalue weighted by Gasteiger charge is 2.26. The molecule has 3 nitrogen and oxygen atoms in total. The molecule has 0 N–H and O–H groups in total. The van der Waals surface area contributed by atoms with Gasteiger partial charge in [0.1, 0.15) is 11.2 Å². The fraction of sp³-hybridized carbons (Fsp3) is 0. The van der Waals surface area contributed by atoms with E-state index in [1.54, 1.807) is 0 Å². The van der Waals surface area contributed by atoms with Gasteiger partial charge in [-0.25, -0.2) is 0 Å². The van der Waals surface area contributed by atoms with Gasteiger partial charge in [-0.2, -0.15) is 0 Å². The molecule has 2 heterocycles. The fourth-order valence-electron chi connectivity index (χ4n) is 5.61. The lowest BCUT2D eigenvalue weighted by Crippen LogP contribution is -2.15. The third-order valence-electron chi connectivity index (χ3n) is 7.47. The smallest absolute Gasteiger partial charge is 0.152 e. The van der Waals surface area contributed by atoms with Crippen molar-refractivity contribution in [3.63, 3.8) is 0 Å². The van der Waals surface area contributed by atoms with Gasteiger partial charge in [-0.1, -0.05) is 97.1 Å². The molecule has 0 unspecified atom stereocenters. The Bertz CT molecular complexity index is 1990.